The van der Waals surface area contributed by atoms with Crippen LogP contribution in [0.1, 0.15) is 24.4 Å². The number of carbonyl (C=O) groups excluding carboxylic acids is 2. The Morgan fingerprint density at radius 1 is 1.33 bits per heavy atom. The van der Waals surface area contributed by atoms with Gasteiger partial charge in [0.2, 0.25) is 5.91 Å². The number of thioether (sulfide) groups is 2. The summed E-state index contributed by atoms with van der Waals surface area (Å²) in [6, 6.07) is 7.14. The summed E-state index contributed by atoms with van der Waals surface area (Å²) >= 11 is 2.82. The lowest BCUT2D eigenvalue weighted by molar-refractivity contribution is -0.150. The third-order valence-electron chi connectivity index (χ3n) is 5.58. The highest BCUT2D eigenvalue weighted by Crippen LogP contribution is 2.41. The molecule has 4 N–H and O–H groups in total. The van der Waals surface area contributed by atoms with E-state index in [9.17, 15) is 19.5 Å². The zero-order valence-electron chi connectivity index (χ0n) is 18.1. The summed E-state index contributed by atoms with van der Waals surface area (Å²) in [5.41, 5.74) is 7.28. The highest BCUT2D eigenvalue weighted by molar-refractivity contribution is 8.01. The van der Waals surface area contributed by atoms with Gasteiger partial charge in [0.1, 0.15) is 29.0 Å². The summed E-state index contributed by atoms with van der Waals surface area (Å²) in [4.78, 5) is 38.8. The quantitative estimate of drug-likeness (QED) is 0.368. The van der Waals surface area contributed by atoms with Crippen LogP contribution in [0.4, 0.5) is 0 Å². The molecule has 1 saturated heterocycles. The van der Waals surface area contributed by atoms with Crippen LogP contribution in [-0.4, -0.2) is 65.5 Å². The second kappa shape index (κ2) is 9.57. The van der Waals surface area contributed by atoms with Gasteiger partial charge in [-0.15, -0.1) is 22.0 Å². The van der Waals surface area contributed by atoms with Crippen molar-refractivity contribution in [3.05, 3.63) is 53.0 Å². The molecule has 0 saturated carbocycles. The van der Waals surface area contributed by atoms with E-state index in [4.69, 9.17) is 5.73 Å². The number of carboxylic acids is 1. The average molecular weight is 489 g/mol. The summed E-state index contributed by atoms with van der Waals surface area (Å²) in [6.07, 6.45) is 0. The fourth-order valence-electron chi connectivity index (χ4n) is 3.83. The molecular weight excluding hydrogens is 464 g/mol. The van der Waals surface area contributed by atoms with E-state index in [0.29, 0.717) is 34.3 Å². The van der Waals surface area contributed by atoms with Crippen LogP contribution in [0, 0.1) is 6.92 Å². The fraction of sp³-hybridized carbons (Fsp3) is 0.381. The van der Waals surface area contributed by atoms with Crippen LogP contribution in [0.15, 0.2) is 46.8 Å². The minimum atomic E-state index is -1.16. The predicted octanol–water partition coefficient (Wildman–Crippen LogP) is 1.14. The first-order valence-corrected chi connectivity index (χ1v) is 12.4. The number of amides is 2. The van der Waals surface area contributed by atoms with Gasteiger partial charge in [-0.3, -0.25) is 14.5 Å². The van der Waals surface area contributed by atoms with Crippen LogP contribution in [0.3, 0.4) is 0 Å². The van der Waals surface area contributed by atoms with E-state index in [2.05, 4.69) is 15.5 Å². The maximum atomic E-state index is 12.9. The molecule has 0 bridgehead atoms. The summed E-state index contributed by atoms with van der Waals surface area (Å²) < 4.78 is 1.95. The van der Waals surface area contributed by atoms with E-state index in [0.717, 1.165) is 5.82 Å². The van der Waals surface area contributed by atoms with Gasteiger partial charge in [0.25, 0.3) is 5.91 Å². The van der Waals surface area contributed by atoms with Gasteiger partial charge < -0.3 is 20.7 Å². The molecule has 2 amide bonds. The number of hydrogen-bond acceptors (Lipinski definition) is 8. The standard InChI is InChI=1S/C21H24N6O4S2/c1-3-26-11(2)24-25-21(26)33-10-13-9-32-19-15(18(29)27(19)16(13)20(30)31)23-17(28)14(22)12-7-5-4-6-8-12/h4-8,14-15,19H,3,9-10,22H2,1-2H3,(H,23,28)(H,30,31)/t14?,15?,19-/m0/s1. The van der Waals surface area contributed by atoms with Gasteiger partial charge in [0, 0.05) is 18.1 Å². The van der Waals surface area contributed by atoms with Crippen molar-refractivity contribution in [2.45, 2.75) is 43.0 Å². The predicted molar refractivity (Wildman–Crippen MR) is 124 cm³/mol. The molecule has 33 heavy (non-hydrogen) atoms. The van der Waals surface area contributed by atoms with E-state index >= 15 is 0 Å². The van der Waals surface area contributed by atoms with Crippen LogP contribution < -0.4 is 11.1 Å². The van der Waals surface area contributed by atoms with E-state index < -0.39 is 35.2 Å². The molecule has 2 aliphatic rings. The summed E-state index contributed by atoms with van der Waals surface area (Å²) in [5.74, 6) is -0.498. The van der Waals surface area contributed by atoms with Crippen LogP contribution in [0.25, 0.3) is 0 Å². The molecule has 2 aromatic rings. The average Bonchev–Trinajstić information content (AvgIpc) is 3.19. The lowest BCUT2D eigenvalue weighted by Gasteiger charge is -2.49. The highest BCUT2D eigenvalue weighted by Gasteiger charge is 2.54. The Kier molecular flexibility index (Phi) is 6.77. The molecule has 2 unspecified atom stereocenters. The Balaban J connectivity index is 1.47. The van der Waals surface area contributed by atoms with E-state index in [1.54, 1.807) is 24.3 Å². The number of β-lactam (4-membered cyclic amide) rings is 1. The minimum Gasteiger partial charge on any atom is -0.477 e. The highest BCUT2D eigenvalue weighted by atomic mass is 32.2. The molecule has 1 aromatic carbocycles. The summed E-state index contributed by atoms with van der Waals surface area (Å²) in [6.45, 7) is 4.56. The zero-order chi connectivity index (χ0) is 23.7. The number of rotatable bonds is 8. The Labute approximate surface area is 199 Å². The first kappa shape index (κ1) is 23.3. The molecule has 0 spiro atoms. The number of fused-ring (bicyclic) bond motifs is 1. The molecule has 3 atom stereocenters. The molecule has 0 aliphatic carbocycles. The normalized spacial score (nSPS) is 20.8. The van der Waals surface area contributed by atoms with E-state index in [1.807, 2.05) is 24.5 Å². The number of benzene rings is 1. The van der Waals surface area contributed by atoms with Gasteiger partial charge in [-0.2, -0.15) is 0 Å². The molecule has 1 fully saturated rings. The van der Waals surface area contributed by atoms with E-state index in [1.165, 1.54) is 28.4 Å². The molecule has 12 heteroatoms. The molecule has 2 aliphatic heterocycles. The van der Waals surface area contributed by atoms with Crippen molar-refractivity contribution < 1.29 is 19.5 Å². The molecule has 1 aromatic heterocycles. The Bertz CT molecular complexity index is 1120. The van der Waals surface area contributed by atoms with Crippen LogP contribution in [-0.2, 0) is 20.9 Å². The third-order valence-corrected chi connectivity index (χ3v) is 7.97. The van der Waals surface area contributed by atoms with Gasteiger partial charge in [0.15, 0.2) is 5.16 Å². The van der Waals surface area contributed by atoms with E-state index in [-0.39, 0.29) is 5.70 Å². The molecule has 174 valence electrons. The monoisotopic (exact) mass is 488 g/mol. The first-order chi connectivity index (χ1) is 15.8. The van der Waals surface area contributed by atoms with Crippen molar-refractivity contribution in [1.82, 2.24) is 25.0 Å². The zero-order valence-corrected chi connectivity index (χ0v) is 19.7. The number of carboxylic acid groups (broad SMARTS) is 1. The van der Waals surface area contributed by atoms with Gasteiger partial charge in [0.05, 0.1) is 0 Å². The minimum absolute atomic E-state index is 0.0200. The Morgan fingerprint density at radius 2 is 2.06 bits per heavy atom. The number of aliphatic carboxylic acids is 1. The maximum absolute atomic E-state index is 12.9. The second-order valence-electron chi connectivity index (χ2n) is 7.60. The largest absolute Gasteiger partial charge is 0.477 e. The molecule has 3 heterocycles. The topological polar surface area (TPSA) is 143 Å². The number of aryl methyl sites for hydroxylation is 1. The SMILES string of the molecule is CCn1c(C)nnc1SCC1=C(C(=O)O)N2C(=O)C(NC(=O)C(N)c3ccccc3)[C@@H]2SC1. The Morgan fingerprint density at radius 3 is 2.73 bits per heavy atom. The van der Waals surface area contributed by atoms with Gasteiger partial charge >= 0.3 is 5.97 Å². The summed E-state index contributed by atoms with van der Waals surface area (Å²) in [5, 5.41) is 21.0. The Hall–Kier alpha value is -2.83. The third kappa shape index (κ3) is 4.37. The number of nitrogens with zero attached hydrogens (tertiary/aromatic N) is 4. The van der Waals surface area contributed by atoms with Crippen molar-refractivity contribution in [3.63, 3.8) is 0 Å². The maximum Gasteiger partial charge on any atom is 0.352 e. The number of hydrogen-bond donors (Lipinski definition) is 3. The lowest BCUT2D eigenvalue weighted by atomic mass is 10.0. The molecule has 10 nitrogen and oxygen atoms in total. The number of nitrogens with two attached hydrogens (primary N) is 1. The van der Waals surface area contributed by atoms with Crippen molar-refractivity contribution in [1.29, 1.82) is 0 Å². The lowest BCUT2D eigenvalue weighted by Crippen LogP contribution is -2.71. The smallest absolute Gasteiger partial charge is 0.352 e. The van der Waals surface area contributed by atoms with Crippen molar-refractivity contribution in [2.24, 2.45) is 5.73 Å². The molecule has 4 rings (SSSR count). The number of carbonyl (C=O) groups is 3. The van der Waals surface area contributed by atoms with Crippen molar-refractivity contribution >= 4 is 41.3 Å². The van der Waals surface area contributed by atoms with Crippen LogP contribution in [0.2, 0.25) is 0 Å². The number of nitrogens with one attached hydrogen (secondary N) is 1. The van der Waals surface area contributed by atoms with Crippen LogP contribution in [0.5, 0.6) is 0 Å². The van der Waals surface area contributed by atoms with Crippen molar-refractivity contribution in [3.8, 4) is 0 Å². The van der Waals surface area contributed by atoms with Gasteiger partial charge in [-0.25, -0.2) is 4.79 Å². The molecular formula is C21H24N6O4S2. The second-order valence-corrected chi connectivity index (χ2v) is 9.65. The van der Waals surface area contributed by atoms with Gasteiger partial charge in [-0.1, -0.05) is 42.1 Å². The van der Waals surface area contributed by atoms with Crippen molar-refractivity contribution in [2.75, 3.05) is 11.5 Å². The molecule has 0 radical (unpaired) electrons. The van der Waals surface area contributed by atoms with Gasteiger partial charge in [-0.05, 0) is 25.0 Å². The fourth-order valence-corrected chi connectivity index (χ4v) is 6.37. The number of aromatic nitrogens is 3. The summed E-state index contributed by atoms with van der Waals surface area (Å²) in [7, 11) is 0. The first-order valence-electron chi connectivity index (χ1n) is 10.4. The van der Waals surface area contributed by atoms with Crippen LogP contribution >= 0.6 is 23.5 Å².